The molecule has 0 saturated heterocycles. The first kappa shape index (κ1) is 11.6. The average Bonchev–Trinajstić information content (AvgIpc) is 2.70. The first-order valence-corrected chi connectivity index (χ1v) is 5.37. The highest BCUT2D eigenvalue weighted by atomic mass is 16.5. The molecule has 2 rings (SSSR count). The average molecular weight is 237 g/mol. The number of benzene rings is 1. The third-order valence-electron chi connectivity index (χ3n) is 2.95. The van der Waals surface area contributed by atoms with Crippen molar-refractivity contribution in [2.24, 2.45) is 0 Å². The third kappa shape index (κ3) is 2.13. The van der Waals surface area contributed by atoms with Gasteiger partial charge >= 0.3 is 5.97 Å². The van der Waals surface area contributed by atoms with E-state index in [1.54, 1.807) is 20.3 Å². The SMILES string of the molecule is COc1cc(OC)c2c(c1)C(CC(=O)O)CN2. The third-order valence-corrected chi connectivity index (χ3v) is 2.95. The van der Waals surface area contributed by atoms with Gasteiger partial charge in [-0.05, 0) is 11.6 Å². The Balaban J connectivity index is 2.39. The second-order valence-electron chi connectivity index (χ2n) is 3.97. The molecular weight excluding hydrogens is 222 g/mol. The smallest absolute Gasteiger partial charge is 0.304 e. The molecule has 0 aromatic heterocycles. The number of methoxy groups -OCH3 is 2. The molecule has 1 aromatic rings. The van der Waals surface area contributed by atoms with Crippen LogP contribution in [-0.2, 0) is 4.79 Å². The number of carboxylic acid groups (broad SMARTS) is 1. The van der Waals surface area contributed by atoms with E-state index in [0.29, 0.717) is 18.0 Å². The van der Waals surface area contributed by atoms with Crippen LogP contribution in [0.4, 0.5) is 5.69 Å². The van der Waals surface area contributed by atoms with Crippen LogP contribution < -0.4 is 14.8 Å². The Morgan fingerprint density at radius 2 is 2.24 bits per heavy atom. The van der Waals surface area contributed by atoms with Crippen LogP contribution in [0.1, 0.15) is 17.9 Å². The maximum Gasteiger partial charge on any atom is 0.304 e. The summed E-state index contributed by atoms with van der Waals surface area (Å²) in [7, 11) is 3.16. The minimum atomic E-state index is -0.800. The van der Waals surface area contributed by atoms with Gasteiger partial charge in [-0.2, -0.15) is 0 Å². The van der Waals surface area contributed by atoms with Gasteiger partial charge in [-0.3, -0.25) is 4.79 Å². The van der Waals surface area contributed by atoms with Crippen LogP contribution in [0.5, 0.6) is 11.5 Å². The van der Waals surface area contributed by atoms with E-state index in [-0.39, 0.29) is 12.3 Å². The first-order chi connectivity index (χ1) is 8.15. The summed E-state index contributed by atoms with van der Waals surface area (Å²) < 4.78 is 10.4. The highest BCUT2D eigenvalue weighted by Gasteiger charge is 2.27. The molecule has 5 nitrogen and oxygen atoms in total. The van der Waals surface area contributed by atoms with Gasteiger partial charge in [-0.1, -0.05) is 0 Å². The topological polar surface area (TPSA) is 67.8 Å². The number of nitrogens with one attached hydrogen (secondary N) is 1. The van der Waals surface area contributed by atoms with E-state index in [2.05, 4.69) is 5.32 Å². The van der Waals surface area contributed by atoms with Crippen LogP contribution in [0.25, 0.3) is 0 Å². The van der Waals surface area contributed by atoms with Crippen molar-refractivity contribution in [1.29, 1.82) is 0 Å². The minimum Gasteiger partial charge on any atom is -0.497 e. The number of fused-ring (bicyclic) bond motifs is 1. The Hall–Kier alpha value is -1.91. The second kappa shape index (κ2) is 4.53. The Morgan fingerprint density at radius 3 is 2.82 bits per heavy atom. The summed E-state index contributed by atoms with van der Waals surface area (Å²) in [6, 6.07) is 3.65. The molecule has 0 amide bonds. The van der Waals surface area contributed by atoms with Crippen molar-refractivity contribution in [3.8, 4) is 11.5 Å². The predicted molar refractivity (Wildman–Crippen MR) is 63.0 cm³/mol. The number of ether oxygens (including phenoxy) is 2. The Morgan fingerprint density at radius 1 is 1.47 bits per heavy atom. The van der Waals surface area contributed by atoms with Crippen LogP contribution in [0.2, 0.25) is 0 Å². The summed E-state index contributed by atoms with van der Waals surface area (Å²) in [6.07, 6.45) is 0.107. The second-order valence-corrected chi connectivity index (χ2v) is 3.97. The van der Waals surface area contributed by atoms with Gasteiger partial charge in [-0.25, -0.2) is 0 Å². The predicted octanol–water partition coefficient (Wildman–Crippen LogP) is 1.69. The van der Waals surface area contributed by atoms with Crippen molar-refractivity contribution in [3.63, 3.8) is 0 Å². The number of aliphatic carboxylic acids is 1. The molecule has 1 aliphatic rings. The fourth-order valence-electron chi connectivity index (χ4n) is 2.13. The lowest BCUT2D eigenvalue weighted by molar-refractivity contribution is -0.137. The van der Waals surface area contributed by atoms with Gasteiger partial charge in [0.15, 0.2) is 0 Å². The van der Waals surface area contributed by atoms with Crippen molar-refractivity contribution in [1.82, 2.24) is 0 Å². The van der Waals surface area contributed by atoms with Crippen LogP contribution in [0.3, 0.4) is 0 Å². The molecular formula is C12H15NO4. The molecule has 0 aliphatic carbocycles. The fraction of sp³-hybridized carbons (Fsp3) is 0.417. The van der Waals surface area contributed by atoms with E-state index in [0.717, 1.165) is 11.3 Å². The van der Waals surface area contributed by atoms with Crippen LogP contribution in [0.15, 0.2) is 12.1 Å². The van der Waals surface area contributed by atoms with Gasteiger partial charge in [0.25, 0.3) is 0 Å². The van der Waals surface area contributed by atoms with Crippen molar-refractivity contribution in [2.75, 3.05) is 26.1 Å². The number of hydrogen-bond acceptors (Lipinski definition) is 4. The lowest BCUT2D eigenvalue weighted by Gasteiger charge is -2.11. The van der Waals surface area contributed by atoms with Gasteiger partial charge in [0.1, 0.15) is 11.5 Å². The van der Waals surface area contributed by atoms with Crippen molar-refractivity contribution in [3.05, 3.63) is 17.7 Å². The molecule has 0 saturated carbocycles. The summed E-state index contributed by atoms with van der Waals surface area (Å²) in [5.41, 5.74) is 1.82. The molecule has 1 heterocycles. The number of carboxylic acids is 1. The molecule has 1 atom stereocenters. The summed E-state index contributed by atoms with van der Waals surface area (Å²) in [4.78, 5) is 10.8. The van der Waals surface area contributed by atoms with E-state index in [4.69, 9.17) is 14.6 Å². The summed E-state index contributed by atoms with van der Waals surface area (Å²) in [5.74, 6) is 0.532. The first-order valence-electron chi connectivity index (χ1n) is 5.37. The van der Waals surface area contributed by atoms with E-state index in [1.165, 1.54) is 0 Å². The van der Waals surface area contributed by atoms with Crippen LogP contribution in [0, 0.1) is 0 Å². The highest BCUT2D eigenvalue weighted by molar-refractivity contribution is 5.74. The minimum absolute atomic E-state index is 0.0356. The monoisotopic (exact) mass is 237 g/mol. The molecule has 0 spiro atoms. The molecule has 1 aromatic carbocycles. The van der Waals surface area contributed by atoms with Gasteiger partial charge in [-0.15, -0.1) is 0 Å². The molecule has 5 heteroatoms. The zero-order chi connectivity index (χ0) is 12.4. The lowest BCUT2D eigenvalue weighted by Crippen LogP contribution is -2.08. The lowest BCUT2D eigenvalue weighted by atomic mass is 9.97. The molecule has 2 N–H and O–H groups in total. The van der Waals surface area contributed by atoms with Crippen molar-refractivity contribution >= 4 is 11.7 Å². The van der Waals surface area contributed by atoms with E-state index in [1.807, 2.05) is 6.07 Å². The fourth-order valence-corrected chi connectivity index (χ4v) is 2.13. The zero-order valence-electron chi connectivity index (χ0n) is 9.82. The number of anilines is 1. The Labute approximate surface area is 99.3 Å². The molecule has 92 valence electrons. The van der Waals surface area contributed by atoms with E-state index < -0.39 is 5.97 Å². The Kier molecular flexibility index (Phi) is 3.08. The van der Waals surface area contributed by atoms with Crippen LogP contribution >= 0.6 is 0 Å². The molecule has 0 radical (unpaired) electrons. The van der Waals surface area contributed by atoms with Gasteiger partial charge in [0.05, 0.1) is 26.3 Å². The maximum absolute atomic E-state index is 10.8. The summed E-state index contributed by atoms with van der Waals surface area (Å²) in [5, 5.41) is 12.0. The zero-order valence-corrected chi connectivity index (χ0v) is 9.82. The van der Waals surface area contributed by atoms with Crippen LogP contribution in [-0.4, -0.2) is 31.8 Å². The normalized spacial score (nSPS) is 17.2. The maximum atomic E-state index is 10.8. The largest absolute Gasteiger partial charge is 0.497 e. The molecule has 0 fully saturated rings. The van der Waals surface area contributed by atoms with Gasteiger partial charge < -0.3 is 19.9 Å². The highest BCUT2D eigenvalue weighted by Crippen LogP contribution is 2.42. The van der Waals surface area contributed by atoms with Gasteiger partial charge in [0.2, 0.25) is 0 Å². The van der Waals surface area contributed by atoms with Gasteiger partial charge in [0, 0.05) is 18.5 Å². The van der Waals surface area contributed by atoms with Crippen molar-refractivity contribution in [2.45, 2.75) is 12.3 Å². The molecule has 1 aliphatic heterocycles. The summed E-state index contributed by atoms with van der Waals surface area (Å²) in [6.45, 7) is 0.616. The Bertz CT molecular complexity index is 444. The number of rotatable bonds is 4. The van der Waals surface area contributed by atoms with E-state index >= 15 is 0 Å². The standard InChI is InChI=1S/C12H15NO4/c1-16-8-4-9-7(3-11(14)15)6-13-12(9)10(5-8)17-2/h4-5,7,13H,3,6H2,1-2H3,(H,14,15). The quantitative estimate of drug-likeness (QED) is 0.834. The summed E-state index contributed by atoms with van der Waals surface area (Å²) >= 11 is 0. The molecule has 17 heavy (non-hydrogen) atoms. The molecule has 1 unspecified atom stereocenters. The number of hydrogen-bond donors (Lipinski definition) is 2. The van der Waals surface area contributed by atoms with E-state index in [9.17, 15) is 4.79 Å². The molecule has 0 bridgehead atoms. The van der Waals surface area contributed by atoms with Crippen molar-refractivity contribution < 1.29 is 19.4 Å². The number of carbonyl (C=O) groups is 1.